The number of nitro benzene ring substituents is 1. The number of rotatable bonds is 12. The third-order valence-corrected chi connectivity index (χ3v) is 8.63. The van der Waals surface area contributed by atoms with Crippen molar-refractivity contribution in [2.45, 2.75) is 98.7 Å². The minimum Gasteiger partial charge on any atom is -0.303 e. The topological polar surface area (TPSA) is 78.7 Å². The Kier molecular flexibility index (Phi) is 22.4. The van der Waals surface area contributed by atoms with Crippen LogP contribution in [-0.4, -0.2) is 23.4 Å². The molecule has 0 amide bonds. The average molecular weight is 768 g/mol. The monoisotopic (exact) mass is 767 g/mol. The van der Waals surface area contributed by atoms with Crippen LogP contribution < -0.4 is 0 Å². The summed E-state index contributed by atoms with van der Waals surface area (Å²) in [4.78, 5) is 21.2. The minimum absolute atomic E-state index is 0.00411. The quantitative estimate of drug-likeness (QED) is 0.0689. The fourth-order valence-electron chi connectivity index (χ4n) is 4.20. The SMILES string of the molecule is CC.CC.CC(C1CCC1)C(OSI)C(CC(C=O)C1CCC1)OSI.Cc1ccc([N+](=O)[O-])cc1. The number of halogens is 2. The molecule has 208 valence electrons. The maximum Gasteiger partial charge on any atom is 0.269 e. The zero-order chi connectivity index (χ0) is 27.5. The number of nitrogens with zero attached hydrogens (tertiary/aromatic N) is 1. The van der Waals surface area contributed by atoms with Crippen molar-refractivity contribution in [3.63, 3.8) is 0 Å². The summed E-state index contributed by atoms with van der Waals surface area (Å²) in [5, 5.41) is 10.1. The first-order valence-electron chi connectivity index (χ1n) is 13.0. The number of carbonyl (C=O) groups is 1. The Morgan fingerprint density at radius 1 is 1.00 bits per heavy atom. The van der Waals surface area contributed by atoms with Crippen molar-refractivity contribution < 1.29 is 18.1 Å². The summed E-state index contributed by atoms with van der Waals surface area (Å²) >= 11 is 4.36. The Hall–Kier alpha value is 0.370. The smallest absolute Gasteiger partial charge is 0.269 e. The van der Waals surface area contributed by atoms with Gasteiger partial charge >= 0.3 is 0 Å². The molecule has 2 aliphatic rings. The molecule has 2 fully saturated rings. The van der Waals surface area contributed by atoms with Crippen LogP contribution in [0, 0.1) is 40.7 Å². The maximum absolute atomic E-state index is 11.5. The molecule has 1 aromatic carbocycles. The molecule has 0 spiro atoms. The predicted octanol–water partition coefficient (Wildman–Crippen LogP) is 10.2. The average Bonchev–Trinajstić information content (AvgIpc) is 2.82. The summed E-state index contributed by atoms with van der Waals surface area (Å²) in [6.07, 6.45) is 9.61. The summed E-state index contributed by atoms with van der Waals surface area (Å²) in [6.45, 7) is 12.2. The molecule has 4 atom stereocenters. The second kappa shape index (κ2) is 22.2. The lowest BCUT2D eigenvalue weighted by Gasteiger charge is -2.40. The maximum atomic E-state index is 11.5. The van der Waals surface area contributed by atoms with Gasteiger partial charge in [0.2, 0.25) is 0 Å². The van der Waals surface area contributed by atoms with Crippen LogP contribution >= 0.6 is 60.8 Å². The Morgan fingerprint density at radius 3 is 1.86 bits per heavy atom. The summed E-state index contributed by atoms with van der Waals surface area (Å²) < 4.78 is 11.9. The third-order valence-electron chi connectivity index (χ3n) is 6.76. The van der Waals surface area contributed by atoms with E-state index in [0.717, 1.165) is 24.2 Å². The molecule has 0 radical (unpaired) electrons. The van der Waals surface area contributed by atoms with Gasteiger partial charge < -0.3 is 4.79 Å². The van der Waals surface area contributed by atoms with E-state index >= 15 is 0 Å². The minimum atomic E-state index is -0.403. The van der Waals surface area contributed by atoms with E-state index in [4.69, 9.17) is 8.37 Å². The second-order valence-electron chi connectivity index (χ2n) is 8.69. The van der Waals surface area contributed by atoms with E-state index in [0.29, 0.717) is 11.8 Å². The van der Waals surface area contributed by atoms with Crippen LogP contribution in [0.2, 0.25) is 0 Å². The number of non-ortho nitro benzene ring substituents is 1. The van der Waals surface area contributed by atoms with Gasteiger partial charge in [-0.2, -0.15) is 0 Å². The van der Waals surface area contributed by atoms with E-state index in [2.05, 4.69) is 49.3 Å². The van der Waals surface area contributed by atoms with E-state index in [-0.39, 0.29) is 23.8 Å². The van der Waals surface area contributed by atoms with Crippen LogP contribution in [0.4, 0.5) is 5.69 Å². The third kappa shape index (κ3) is 12.9. The van der Waals surface area contributed by atoms with Crippen LogP contribution in [0.25, 0.3) is 0 Å². The van der Waals surface area contributed by atoms with Crippen molar-refractivity contribution in [2.24, 2.45) is 23.7 Å². The van der Waals surface area contributed by atoms with Gasteiger partial charge in [-0.15, -0.1) is 0 Å². The lowest BCUT2D eigenvalue weighted by Crippen LogP contribution is -2.41. The van der Waals surface area contributed by atoms with E-state index < -0.39 is 4.92 Å². The van der Waals surface area contributed by atoms with Crippen LogP contribution in [0.3, 0.4) is 0 Å². The number of carbonyl (C=O) groups excluding carboxylic acids is 1. The van der Waals surface area contributed by atoms with Gasteiger partial charge in [-0.05, 0) is 43.9 Å². The van der Waals surface area contributed by atoms with Crippen molar-refractivity contribution in [1.29, 1.82) is 0 Å². The number of hydrogen-bond acceptors (Lipinski definition) is 7. The lowest BCUT2D eigenvalue weighted by atomic mass is 9.71. The van der Waals surface area contributed by atoms with Gasteiger partial charge in [0, 0.05) is 60.5 Å². The highest BCUT2D eigenvalue weighted by Crippen LogP contribution is 2.42. The summed E-state index contributed by atoms with van der Waals surface area (Å²) in [7, 11) is 2.77. The highest BCUT2D eigenvalue weighted by atomic mass is 127. The van der Waals surface area contributed by atoms with Crippen molar-refractivity contribution >= 4 is 72.8 Å². The standard InChI is InChI=1S/C15H24I2O3S2.C7H7NO2.2C2H6/c1-10(11-4-2-5-11)15(20-22-17)14(19-21-16)8-13(9-18)12-6-3-7-12;1-6-2-4-7(5-3-6)8(9)10;2*1-2/h9-15H,2-8H2,1H3;2-5H,1H3;2*1-2H3. The van der Waals surface area contributed by atoms with Gasteiger partial charge in [-0.3, -0.25) is 18.5 Å². The number of nitro groups is 1. The lowest BCUT2D eigenvalue weighted by molar-refractivity contribution is -0.384. The number of hydrogen-bond donors (Lipinski definition) is 0. The molecule has 2 saturated carbocycles. The Balaban J connectivity index is 0.000000730. The van der Waals surface area contributed by atoms with Gasteiger partial charge in [0.05, 0.1) is 23.4 Å². The van der Waals surface area contributed by atoms with Gasteiger partial charge in [-0.1, -0.05) is 78.0 Å². The van der Waals surface area contributed by atoms with Gasteiger partial charge in [0.15, 0.2) is 0 Å². The summed E-state index contributed by atoms with van der Waals surface area (Å²) in [5.41, 5.74) is 1.18. The first-order chi connectivity index (χ1) is 17.4. The van der Waals surface area contributed by atoms with E-state index in [1.807, 2.05) is 34.6 Å². The Bertz CT molecular complexity index is 706. The van der Waals surface area contributed by atoms with Gasteiger partial charge in [-0.25, -0.2) is 0 Å². The molecule has 36 heavy (non-hydrogen) atoms. The molecule has 0 heterocycles. The molecule has 0 aliphatic heterocycles. The molecule has 10 heteroatoms. The molecule has 2 aliphatic carbocycles. The van der Waals surface area contributed by atoms with E-state index in [1.54, 1.807) is 12.1 Å². The summed E-state index contributed by atoms with van der Waals surface area (Å²) in [6, 6.07) is 6.43. The zero-order valence-electron chi connectivity index (χ0n) is 22.4. The molecule has 3 rings (SSSR count). The van der Waals surface area contributed by atoms with Crippen molar-refractivity contribution in [3.8, 4) is 0 Å². The first kappa shape index (κ1) is 36.4. The van der Waals surface area contributed by atoms with Crippen LogP contribution in [0.1, 0.15) is 85.1 Å². The molecule has 1 aromatic rings. The molecule has 0 N–H and O–H groups in total. The van der Waals surface area contributed by atoms with Crippen molar-refractivity contribution in [1.82, 2.24) is 0 Å². The summed E-state index contributed by atoms with van der Waals surface area (Å²) in [5.74, 6) is 1.92. The van der Waals surface area contributed by atoms with Crippen LogP contribution in [-0.2, 0) is 13.2 Å². The first-order valence-corrected chi connectivity index (χ1v) is 19.5. The van der Waals surface area contributed by atoms with Crippen molar-refractivity contribution in [3.05, 3.63) is 39.9 Å². The molecule has 6 nitrogen and oxygen atoms in total. The molecule has 0 aromatic heterocycles. The van der Waals surface area contributed by atoms with Crippen LogP contribution in [0.5, 0.6) is 0 Å². The number of aldehydes is 1. The van der Waals surface area contributed by atoms with E-state index in [1.165, 1.54) is 69.1 Å². The largest absolute Gasteiger partial charge is 0.303 e. The van der Waals surface area contributed by atoms with Crippen LogP contribution in [0.15, 0.2) is 24.3 Å². The normalized spacial score (nSPS) is 18.1. The fraction of sp³-hybridized carbons (Fsp3) is 0.731. The number of benzene rings is 1. The number of aryl methyl sites for hydroxylation is 1. The molecular formula is C26H43I2NO5S2. The molecular weight excluding hydrogens is 724 g/mol. The van der Waals surface area contributed by atoms with Gasteiger partial charge in [0.1, 0.15) is 18.5 Å². The van der Waals surface area contributed by atoms with E-state index in [9.17, 15) is 14.9 Å². The second-order valence-corrected chi connectivity index (χ2v) is 11.5. The molecule has 4 unspecified atom stereocenters. The fourth-order valence-corrected chi connectivity index (χ4v) is 6.38. The highest BCUT2D eigenvalue weighted by Gasteiger charge is 2.39. The Morgan fingerprint density at radius 2 is 1.50 bits per heavy atom. The zero-order valence-corrected chi connectivity index (χ0v) is 28.3. The molecule has 0 saturated heterocycles. The van der Waals surface area contributed by atoms with Crippen molar-refractivity contribution in [2.75, 3.05) is 0 Å². The Labute approximate surface area is 251 Å². The van der Waals surface area contributed by atoms with Gasteiger partial charge in [0.25, 0.3) is 5.69 Å². The predicted molar refractivity (Wildman–Crippen MR) is 172 cm³/mol. The highest BCUT2D eigenvalue weighted by molar-refractivity contribution is 14.2. The molecule has 0 bridgehead atoms.